The van der Waals surface area contributed by atoms with Crippen LogP contribution in [0, 0.1) is 0 Å². The number of ether oxygens (including phenoxy) is 1. The fraction of sp³-hybridized carbons (Fsp3) is 0.125. The Hall–Kier alpha value is -2.46. The normalized spacial score (nSPS) is 10.8. The Labute approximate surface area is 117 Å². The highest BCUT2D eigenvalue weighted by Crippen LogP contribution is 2.26. The molecule has 0 fully saturated rings. The highest BCUT2D eigenvalue weighted by molar-refractivity contribution is 5.29. The van der Waals surface area contributed by atoms with Crippen LogP contribution in [0.3, 0.4) is 0 Å². The minimum absolute atomic E-state index is 0.109. The molecule has 0 atom stereocenters. The summed E-state index contributed by atoms with van der Waals surface area (Å²) in [5, 5.41) is 6.64. The van der Waals surface area contributed by atoms with Crippen LogP contribution in [-0.4, -0.2) is 15.2 Å². The molecule has 0 aliphatic carbocycles. The molecule has 4 nitrogen and oxygen atoms in total. The molecule has 2 aromatic carbocycles. The van der Waals surface area contributed by atoms with Crippen molar-refractivity contribution in [2.24, 2.45) is 0 Å². The summed E-state index contributed by atoms with van der Waals surface area (Å²) < 4.78 is 6.02. The zero-order valence-corrected chi connectivity index (χ0v) is 10.9. The standard InChI is InChI=1S/C16H15N3O/c1-3-7-13(8-4-1)16(14-9-5-2-6-10-14)20-11-15-17-12-18-19-15/h1-10,12,16H,11H2,(H,17,18,19). The lowest BCUT2D eigenvalue weighted by molar-refractivity contribution is 0.0624. The molecule has 0 aliphatic heterocycles. The monoisotopic (exact) mass is 265 g/mol. The molecule has 0 aliphatic rings. The Bertz CT molecular complexity index is 584. The maximum atomic E-state index is 6.02. The van der Waals surface area contributed by atoms with E-state index in [2.05, 4.69) is 39.4 Å². The summed E-state index contributed by atoms with van der Waals surface area (Å²) in [6.07, 6.45) is 1.38. The van der Waals surface area contributed by atoms with Gasteiger partial charge in [-0.05, 0) is 11.1 Å². The summed E-state index contributed by atoms with van der Waals surface area (Å²) in [7, 11) is 0. The largest absolute Gasteiger partial charge is 0.361 e. The van der Waals surface area contributed by atoms with Gasteiger partial charge in [-0.15, -0.1) is 0 Å². The van der Waals surface area contributed by atoms with Crippen molar-refractivity contribution >= 4 is 0 Å². The molecule has 0 bridgehead atoms. The topological polar surface area (TPSA) is 50.8 Å². The zero-order valence-electron chi connectivity index (χ0n) is 10.9. The van der Waals surface area contributed by atoms with E-state index in [0.29, 0.717) is 6.61 Å². The predicted molar refractivity (Wildman–Crippen MR) is 75.9 cm³/mol. The highest BCUT2D eigenvalue weighted by atomic mass is 16.5. The van der Waals surface area contributed by atoms with Crippen LogP contribution in [0.4, 0.5) is 0 Å². The van der Waals surface area contributed by atoms with E-state index in [0.717, 1.165) is 17.0 Å². The fourth-order valence-corrected chi connectivity index (χ4v) is 2.10. The van der Waals surface area contributed by atoms with Crippen LogP contribution in [0.1, 0.15) is 23.1 Å². The van der Waals surface area contributed by atoms with Crippen molar-refractivity contribution in [2.75, 3.05) is 0 Å². The molecule has 3 rings (SSSR count). The smallest absolute Gasteiger partial charge is 0.150 e. The molecule has 3 aromatic rings. The van der Waals surface area contributed by atoms with Crippen molar-refractivity contribution in [2.45, 2.75) is 12.7 Å². The third-order valence-corrected chi connectivity index (χ3v) is 3.06. The Morgan fingerprint density at radius 3 is 2.00 bits per heavy atom. The number of nitrogens with zero attached hydrogens (tertiary/aromatic N) is 2. The molecule has 0 amide bonds. The summed E-state index contributed by atoms with van der Waals surface area (Å²) in [4.78, 5) is 4.08. The van der Waals surface area contributed by atoms with E-state index in [4.69, 9.17) is 4.74 Å². The van der Waals surface area contributed by atoms with Crippen LogP contribution in [0.25, 0.3) is 0 Å². The quantitative estimate of drug-likeness (QED) is 0.771. The van der Waals surface area contributed by atoms with Gasteiger partial charge in [0, 0.05) is 0 Å². The second-order valence-corrected chi connectivity index (χ2v) is 4.44. The van der Waals surface area contributed by atoms with Gasteiger partial charge < -0.3 is 4.74 Å². The molecular weight excluding hydrogens is 250 g/mol. The van der Waals surface area contributed by atoms with E-state index in [9.17, 15) is 0 Å². The van der Waals surface area contributed by atoms with E-state index in [1.807, 2.05) is 36.4 Å². The number of hydrogen-bond donors (Lipinski definition) is 1. The van der Waals surface area contributed by atoms with Gasteiger partial charge in [0.2, 0.25) is 0 Å². The lowest BCUT2D eigenvalue weighted by Gasteiger charge is -2.18. The van der Waals surface area contributed by atoms with Gasteiger partial charge in [0.1, 0.15) is 24.9 Å². The first-order valence-corrected chi connectivity index (χ1v) is 6.49. The van der Waals surface area contributed by atoms with Crippen molar-refractivity contribution in [3.63, 3.8) is 0 Å². The van der Waals surface area contributed by atoms with Gasteiger partial charge in [0.25, 0.3) is 0 Å². The molecule has 1 heterocycles. The van der Waals surface area contributed by atoms with Gasteiger partial charge in [0.15, 0.2) is 0 Å². The molecule has 0 spiro atoms. The zero-order chi connectivity index (χ0) is 13.6. The molecular formula is C16H15N3O. The van der Waals surface area contributed by atoms with E-state index < -0.39 is 0 Å². The SMILES string of the molecule is c1ccc(C(OCc2ncn[nH]2)c2ccccc2)cc1. The Morgan fingerprint density at radius 1 is 0.900 bits per heavy atom. The molecule has 0 unspecified atom stereocenters. The molecule has 0 saturated carbocycles. The van der Waals surface area contributed by atoms with Crippen molar-refractivity contribution < 1.29 is 4.74 Å². The first kappa shape index (κ1) is 12.6. The number of benzene rings is 2. The number of H-pyrrole nitrogens is 1. The van der Waals surface area contributed by atoms with Gasteiger partial charge in [-0.2, -0.15) is 5.10 Å². The van der Waals surface area contributed by atoms with Crippen LogP contribution < -0.4 is 0 Å². The molecule has 0 saturated heterocycles. The second-order valence-electron chi connectivity index (χ2n) is 4.44. The maximum absolute atomic E-state index is 6.02. The summed E-state index contributed by atoms with van der Waals surface area (Å²) in [6.45, 7) is 0.397. The van der Waals surface area contributed by atoms with Crippen molar-refractivity contribution in [3.05, 3.63) is 83.9 Å². The van der Waals surface area contributed by atoms with Crippen LogP contribution in [-0.2, 0) is 11.3 Å². The Morgan fingerprint density at radius 2 is 1.50 bits per heavy atom. The lowest BCUT2D eigenvalue weighted by atomic mass is 10.0. The molecule has 100 valence electrons. The van der Waals surface area contributed by atoms with Crippen LogP contribution >= 0.6 is 0 Å². The third-order valence-electron chi connectivity index (χ3n) is 3.06. The highest BCUT2D eigenvalue weighted by Gasteiger charge is 2.14. The molecule has 0 radical (unpaired) electrons. The average molecular weight is 265 g/mol. The minimum Gasteiger partial charge on any atom is -0.361 e. The number of aromatic amines is 1. The lowest BCUT2D eigenvalue weighted by Crippen LogP contribution is -2.07. The Kier molecular flexibility index (Phi) is 3.85. The molecule has 1 aromatic heterocycles. The minimum atomic E-state index is -0.109. The van der Waals surface area contributed by atoms with Crippen LogP contribution in [0.2, 0.25) is 0 Å². The molecule has 20 heavy (non-hydrogen) atoms. The van der Waals surface area contributed by atoms with Gasteiger partial charge in [-0.3, -0.25) is 5.10 Å². The maximum Gasteiger partial charge on any atom is 0.150 e. The summed E-state index contributed by atoms with van der Waals surface area (Å²) >= 11 is 0. The number of hydrogen-bond acceptors (Lipinski definition) is 3. The van der Waals surface area contributed by atoms with Gasteiger partial charge in [-0.1, -0.05) is 60.7 Å². The summed E-state index contributed by atoms with van der Waals surface area (Å²) in [5.41, 5.74) is 2.25. The predicted octanol–water partition coefficient (Wildman–Crippen LogP) is 3.11. The third kappa shape index (κ3) is 2.92. The van der Waals surface area contributed by atoms with E-state index >= 15 is 0 Å². The van der Waals surface area contributed by atoms with E-state index in [-0.39, 0.29) is 6.10 Å². The van der Waals surface area contributed by atoms with E-state index in [1.54, 1.807) is 0 Å². The first-order valence-electron chi connectivity index (χ1n) is 6.49. The van der Waals surface area contributed by atoms with Crippen LogP contribution in [0.5, 0.6) is 0 Å². The van der Waals surface area contributed by atoms with Gasteiger partial charge >= 0.3 is 0 Å². The van der Waals surface area contributed by atoms with Crippen molar-refractivity contribution in [1.29, 1.82) is 0 Å². The summed E-state index contributed by atoms with van der Waals surface area (Å²) in [5.74, 6) is 0.724. The Balaban J connectivity index is 1.84. The molecule has 1 N–H and O–H groups in total. The van der Waals surface area contributed by atoms with Crippen LogP contribution in [0.15, 0.2) is 67.0 Å². The first-order chi connectivity index (χ1) is 9.93. The van der Waals surface area contributed by atoms with E-state index in [1.165, 1.54) is 6.33 Å². The number of nitrogens with one attached hydrogen (secondary N) is 1. The fourth-order valence-electron chi connectivity index (χ4n) is 2.10. The van der Waals surface area contributed by atoms with Gasteiger partial charge in [-0.25, -0.2) is 4.98 Å². The van der Waals surface area contributed by atoms with Crippen molar-refractivity contribution in [3.8, 4) is 0 Å². The number of aromatic nitrogens is 3. The average Bonchev–Trinajstić information content (AvgIpc) is 3.03. The summed E-state index contributed by atoms with van der Waals surface area (Å²) in [6, 6.07) is 20.3. The van der Waals surface area contributed by atoms with Crippen molar-refractivity contribution in [1.82, 2.24) is 15.2 Å². The van der Waals surface area contributed by atoms with Gasteiger partial charge in [0.05, 0.1) is 0 Å². The second kappa shape index (κ2) is 6.12. The molecule has 4 heteroatoms. The number of rotatable bonds is 5.